The van der Waals surface area contributed by atoms with Crippen LogP contribution in [0.15, 0.2) is 24.8 Å². The third-order valence-electron chi connectivity index (χ3n) is 2.45. The molecule has 0 amide bonds. The zero-order valence-electron chi connectivity index (χ0n) is 10.9. The molecule has 2 heterocycles. The molecule has 0 saturated carbocycles. The fourth-order valence-corrected chi connectivity index (χ4v) is 1.94. The number of anilines is 1. The third-order valence-corrected chi connectivity index (χ3v) is 2.65. The highest BCUT2D eigenvalue weighted by Crippen LogP contribution is 2.13. The van der Waals surface area contributed by atoms with Crippen LogP contribution in [0.1, 0.15) is 12.7 Å². The second kappa shape index (κ2) is 6.49. The standard InChI is InChI=1S/C12H16ClN5O/c1-9(6-18-4-3-14-8-18)15-11-5-10(13)16-12(17-11)7-19-2/h3-5,8-9H,6-7H2,1-2H3,(H,15,16,17). The van der Waals surface area contributed by atoms with Crippen LogP contribution in [0.2, 0.25) is 5.15 Å². The van der Waals surface area contributed by atoms with Gasteiger partial charge in [0.25, 0.3) is 0 Å². The Morgan fingerprint density at radius 2 is 2.32 bits per heavy atom. The van der Waals surface area contributed by atoms with Crippen LogP contribution in [0, 0.1) is 0 Å². The van der Waals surface area contributed by atoms with Crippen molar-refractivity contribution in [1.29, 1.82) is 0 Å². The maximum Gasteiger partial charge on any atom is 0.158 e. The number of ether oxygens (including phenoxy) is 1. The Labute approximate surface area is 116 Å². The second-order valence-electron chi connectivity index (χ2n) is 4.23. The molecule has 0 spiro atoms. The Bertz CT molecular complexity index is 517. The van der Waals surface area contributed by atoms with Gasteiger partial charge < -0.3 is 14.6 Å². The Kier molecular flexibility index (Phi) is 4.70. The first-order valence-electron chi connectivity index (χ1n) is 5.92. The summed E-state index contributed by atoms with van der Waals surface area (Å²) < 4.78 is 7.00. The molecule has 0 aliphatic heterocycles. The molecule has 1 atom stereocenters. The largest absolute Gasteiger partial charge is 0.377 e. The first-order chi connectivity index (χ1) is 9.17. The SMILES string of the molecule is COCc1nc(Cl)cc(NC(C)Cn2ccnc2)n1. The highest BCUT2D eigenvalue weighted by atomic mass is 35.5. The van der Waals surface area contributed by atoms with E-state index in [4.69, 9.17) is 16.3 Å². The van der Waals surface area contributed by atoms with Crippen molar-refractivity contribution in [2.24, 2.45) is 0 Å². The number of imidazole rings is 1. The summed E-state index contributed by atoms with van der Waals surface area (Å²) in [5.41, 5.74) is 0. The number of hydrogen-bond donors (Lipinski definition) is 1. The van der Waals surface area contributed by atoms with E-state index in [0.29, 0.717) is 23.4 Å². The van der Waals surface area contributed by atoms with Crippen molar-refractivity contribution in [3.63, 3.8) is 0 Å². The summed E-state index contributed by atoms with van der Waals surface area (Å²) in [7, 11) is 1.60. The molecule has 0 saturated heterocycles. The lowest BCUT2D eigenvalue weighted by Crippen LogP contribution is -2.22. The number of rotatable bonds is 6. The minimum atomic E-state index is 0.190. The highest BCUT2D eigenvalue weighted by molar-refractivity contribution is 6.29. The van der Waals surface area contributed by atoms with Gasteiger partial charge in [-0.25, -0.2) is 15.0 Å². The molecule has 6 nitrogen and oxygen atoms in total. The molecular formula is C12H16ClN5O. The van der Waals surface area contributed by atoms with E-state index in [0.717, 1.165) is 6.54 Å². The molecule has 2 rings (SSSR count). The first-order valence-corrected chi connectivity index (χ1v) is 6.30. The zero-order chi connectivity index (χ0) is 13.7. The fraction of sp³-hybridized carbons (Fsp3) is 0.417. The predicted octanol–water partition coefficient (Wildman–Crippen LogP) is 1.97. The molecule has 102 valence electrons. The minimum Gasteiger partial charge on any atom is -0.377 e. The number of halogens is 1. The van der Waals surface area contributed by atoms with Gasteiger partial charge in [-0.1, -0.05) is 11.6 Å². The Hall–Kier alpha value is -1.66. The monoisotopic (exact) mass is 281 g/mol. The van der Waals surface area contributed by atoms with Crippen molar-refractivity contribution >= 4 is 17.4 Å². The molecule has 2 aromatic rings. The van der Waals surface area contributed by atoms with Gasteiger partial charge in [-0.2, -0.15) is 0 Å². The van der Waals surface area contributed by atoms with E-state index in [9.17, 15) is 0 Å². The molecule has 1 N–H and O–H groups in total. The van der Waals surface area contributed by atoms with Gasteiger partial charge in [0, 0.05) is 38.2 Å². The summed E-state index contributed by atoms with van der Waals surface area (Å²) in [5, 5.41) is 3.68. The summed E-state index contributed by atoms with van der Waals surface area (Å²) in [6.45, 7) is 3.19. The van der Waals surface area contributed by atoms with E-state index in [2.05, 4.69) is 27.2 Å². The molecule has 0 radical (unpaired) electrons. The van der Waals surface area contributed by atoms with E-state index >= 15 is 0 Å². The molecule has 0 aromatic carbocycles. The molecule has 0 fully saturated rings. The lowest BCUT2D eigenvalue weighted by atomic mass is 10.3. The lowest BCUT2D eigenvalue weighted by Gasteiger charge is -2.15. The maximum atomic E-state index is 5.95. The van der Waals surface area contributed by atoms with Gasteiger partial charge in [-0.05, 0) is 6.92 Å². The Morgan fingerprint density at radius 3 is 3.00 bits per heavy atom. The van der Waals surface area contributed by atoms with E-state index in [1.165, 1.54) is 0 Å². The Morgan fingerprint density at radius 1 is 1.47 bits per heavy atom. The first kappa shape index (κ1) is 13.8. The maximum absolute atomic E-state index is 5.95. The summed E-state index contributed by atoms with van der Waals surface area (Å²) in [4.78, 5) is 12.4. The van der Waals surface area contributed by atoms with Crippen LogP contribution >= 0.6 is 11.6 Å². The van der Waals surface area contributed by atoms with Crippen LogP contribution < -0.4 is 5.32 Å². The zero-order valence-corrected chi connectivity index (χ0v) is 11.6. The molecule has 0 aliphatic carbocycles. The van der Waals surface area contributed by atoms with Crippen molar-refractivity contribution in [3.05, 3.63) is 35.8 Å². The molecule has 7 heteroatoms. The van der Waals surface area contributed by atoms with Crippen LogP contribution in [0.4, 0.5) is 5.82 Å². The van der Waals surface area contributed by atoms with Crippen molar-refractivity contribution in [3.8, 4) is 0 Å². The molecule has 0 aliphatic rings. The molecule has 19 heavy (non-hydrogen) atoms. The third kappa shape index (κ3) is 4.18. The van der Waals surface area contributed by atoms with Crippen LogP contribution in [-0.2, 0) is 17.9 Å². The van der Waals surface area contributed by atoms with Gasteiger partial charge in [-0.15, -0.1) is 0 Å². The lowest BCUT2D eigenvalue weighted by molar-refractivity contribution is 0.178. The van der Waals surface area contributed by atoms with Gasteiger partial charge in [0.15, 0.2) is 5.82 Å². The predicted molar refractivity (Wildman–Crippen MR) is 73.1 cm³/mol. The number of methoxy groups -OCH3 is 1. The van der Waals surface area contributed by atoms with E-state index in [-0.39, 0.29) is 6.04 Å². The minimum absolute atomic E-state index is 0.190. The summed E-state index contributed by atoms with van der Waals surface area (Å²) >= 11 is 5.95. The molecule has 1 unspecified atom stereocenters. The summed E-state index contributed by atoms with van der Waals surface area (Å²) in [6, 6.07) is 1.89. The summed E-state index contributed by atoms with van der Waals surface area (Å²) in [5.74, 6) is 1.26. The van der Waals surface area contributed by atoms with Crippen LogP contribution in [0.25, 0.3) is 0 Å². The van der Waals surface area contributed by atoms with Crippen molar-refractivity contribution in [1.82, 2.24) is 19.5 Å². The molecular weight excluding hydrogens is 266 g/mol. The molecule has 0 bridgehead atoms. The van der Waals surface area contributed by atoms with E-state index in [1.54, 1.807) is 25.7 Å². The topological polar surface area (TPSA) is 64.9 Å². The van der Waals surface area contributed by atoms with Crippen LogP contribution in [-0.4, -0.2) is 32.7 Å². The van der Waals surface area contributed by atoms with E-state index < -0.39 is 0 Å². The highest BCUT2D eigenvalue weighted by Gasteiger charge is 2.07. The second-order valence-corrected chi connectivity index (χ2v) is 4.62. The molecule has 2 aromatic heterocycles. The quantitative estimate of drug-likeness (QED) is 0.820. The average molecular weight is 282 g/mol. The van der Waals surface area contributed by atoms with Gasteiger partial charge >= 0.3 is 0 Å². The number of hydrogen-bond acceptors (Lipinski definition) is 5. The van der Waals surface area contributed by atoms with Crippen molar-refractivity contribution in [2.45, 2.75) is 26.1 Å². The van der Waals surface area contributed by atoms with Gasteiger partial charge in [-0.3, -0.25) is 0 Å². The number of aromatic nitrogens is 4. The van der Waals surface area contributed by atoms with Crippen molar-refractivity contribution in [2.75, 3.05) is 12.4 Å². The van der Waals surface area contributed by atoms with Gasteiger partial charge in [0.2, 0.25) is 0 Å². The van der Waals surface area contributed by atoms with Crippen LogP contribution in [0.5, 0.6) is 0 Å². The Balaban J connectivity index is 2.01. The van der Waals surface area contributed by atoms with Gasteiger partial charge in [0.1, 0.15) is 17.6 Å². The fourth-order valence-electron chi connectivity index (χ4n) is 1.74. The van der Waals surface area contributed by atoms with Crippen LogP contribution in [0.3, 0.4) is 0 Å². The normalized spacial score (nSPS) is 12.4. The number of nitrogens with one attached hydrogen (secondary N) is 1. The van der Waals surface area contributed by atoms with E-state index in [1.807, 2.05) is 10.8 Å². The number of nitrogens with zero attached hydrogens (tertiary/aromatic N) is 4. The smallest absolute Gasteiger partial charge is 0.158 e. The van der Waals surface area contributed by atoms with Crippen molar-refractivity contribution < 1.29 is 4.74 Å². The summed E-state index contributed by atoms with van der Waals surface area (Å²) in [6.07, 6.45) is 5.45. The van der Waals surface area contributed by atoms with Gasteiger partial charge in [0.05, 0.1) is 6.33 Å². The average Bonchev–Trinajstić information content (AvgIpc) is 2.81.